The molecule has 1 spiro atoms. The number of nitrogens with zero attached hydrogens (tertiary/aromatic N) is 4. The number of ether oxygens (including phenoxy) is 2. The van der Waals surface area contributed by atoms with Gasteiger partial charge in [0, 0.05) is 24.7 Å². The summed E-state index contributed by atoms with van der Waals surface area (Å²) in [6.45, 7) is 3.72. The molecule has 3 aromatic rings. The normalized spacial score (nSPS) is 22.2. The van der Waals surface area contributed by atoms with E-state index in [9.17, 15) is 4.39 Å². The van der Waals surface area contributed by atoms with Crippen LogP contribution in [0, 0.1) is 12.7 Å². The Morgan fingerprint density at radius 3 is 2.94 bits per heavy atom. The maximum Gasteiger partial charge on any atom is 0.172 e. The molecule has 4 heterocycles. The van der Waals surface area contributed by atoms with Crippen LogP contribution in [0.4, 0.5) is 4.39 Å². The van der Waals surface area contributed by atoms with Gasteiger partial charge >= 0.3 is 0 Å². The first-order chi connectivity index (χ1) is 17.1. The van der Waals surface area contributed by atoms with Crippen LogP contribution in [0.15, 0.2) is 59.7 Å². The lowest BCUT2D eigenvalue weighted by molar-refractivity contribution is -0.0290. The Kier molecular flexibility index (Phi) is 5.24. The largest absolute Gasteiger partial charge is 0.495 e. The number of methoxy groups -OCH3 is 1. The highest BCUT2D eigenvalue weighted by atomic mass is 19.1. The first kappa shape index (κ1) is 21.7. The highest BCUT2D eigenvalue weighted by Crippen LogP contribution is 2.46. The molecule has 1 unspecified atom stereocenters. The van der Waals surface area contributed by atoms with Crippen molar-refractivity contribution in [2.75, 3.05) is 26.9 Å². The van der Waals surface area contributed by atoms with E-state index in [4.69, 9.17) is 14.3 Å². The number of piperidine rings is 1. The molecule has 1 saturated heterocycles. The summed E-state index contributed by atoms with van der Waals surface area (Å²) in [5, 5.41) is 4.48. The molecule has 3 aliphatic rings. The van der Waals surface area contributed by atoms with Crippen LogP contribution in [-0.2, 0) is 10.4 Å². The number of amidine groups is 1. The number of imidazole rings is 1. The number of aryl methyl sites for hydroxylation is 1. The number of hydrogen-bond donors (Lipinski definition) is 0. The lowest BCUT2D eigenvalue weighted by atomic mass is 9.80. The third-order valence-corrected chi connectivity index (χ3v) is 7.09. The fourth-order valence-electron chi connectivity index (χ4n) is 5.40. The van der Waals surface area contributed by atoms with Gasteiger partial charge in [-0.05, 0) is 67.3 Å². The highest BCUT2D eigenvalue weighted by molar-refractivity contribution is 6.03. The van der Waals surface area contributed by atoms with Crippen molar-refractivity contribution < 1.29 is 18.7 Å². The average molecular weight is 475 g/mol. The molecule has 6 rings (SSSR count). The first-order valence-corrected chi connectivity index (χ1v) is 11.9. The smallest absolute Gasteiger partial charge is 0.172 e. The third kappa shape index (κ3) is 3.64. The second kappa shape index (κ2) is 8.45. The SMILES string of the molecule is COc1cc(/C=C2\CCCN3C2=NOCC32CCOc3ccc(F)cc32)ccc1-n1cnc(C)c1. The minimum absolute atomic E-state index is 0.272. The van der Waals surface area contributed by atoms with Crippen molar-refractivity contribution in [3.05, 3.63) is 77.1 Å². The highest BCUT2D eigenvalue weighted by Gasteiger charge is 2.49. The van der Waals surface area contributed by atoms with Crippen molar-refractivity contribution in [2.24, 2.45) is 5.16 Å². The van der Waals surface area contributed by atoms with Crippen molar-refractivity contribution >= 4 is 11.9 Å². The van der Waals surface area contributed by atoms with Gasteiger partial charge in [0.2, 0.25) is 0 Å². The van der Waals surface area contributed by atoms with Gasteiger partial charge in [0.15, 0.2) is 5.84 Å². The molecule has 1 aromatic heterocycles. The van der Waals surface area contributed by atoms with Crippen LogP contribution in [0.2, 0.25) is 0 Å². The zero-order valence-electron chi connectivity index (χ0n) is 19.8. The summed E-state index contributed by atoms with van der Waals surface area (Å²) >= 11 is 0. The Hall–Kier alpha value is -3.81. The number of hydrogen-bond acceptors (Lipinski definition) is 6. The first-order valence-electron chi connectivity index (χ1n) is 11.9. The van der Waals surface area contributed by atoms with Crippen molar-refractivity contribution in [1.29, 1.82) is 0 Å². The summed E-state index contributed by atoms with van der Waals surface area (Å²) < 4.78 is 27.8. The van der Waals surface area contributed by atoms with E-state index in [0.29, 0.717) is 25.4 Å². The van der Waals surface area contributed by atoms with Gasteiger partial charge in [0.05, 0.1) is 31.4 Å². The molecule has 0 bridgehead atoms. The monoisotopic (exact) mass is 474 g/mol. The standard InChI is InChI=1S/C27H27FN4O3/c1-18-15-31(17-29-18)23-7-5-19(13-25(23)33-2)12-20-4-3-10-32-26(20)30-35-16-27(32)9-11-34-24-8-6-21(28)14-22(24)27/h5-8,12-15,17H,3-4,9-11,16H2,1-2H3/b20-12+. The van der Waals surface area contributed by atoms with Gasteiger partial charge in [-0.25, -0.2) is 9.37 Å². The van der Waals surface area contributed by atoms with E-state index in [1.807, 2.05) is 29.8 Å². The third-order valence-electron chi connectivity index (χ3n) is 7.09. The van der Waals surface area contributed by atoms with Crippen LogP contribution in [-0.4, -0.2) is 47.2 Å². The second-order valence-electron chi connectivity index (χ2n) is 9.24. The molecular formula is C27H27FN4O3. The zero-order valence-corrected chi connectivity index (χ0v) is 19.8. The van der Waals surface area contributed by atoms with E-state index >= 15 is 0 Å². The molecule has 1 atom stereocenters. The molecule has 3 aliphatic heterocycles. The average Bonchev–Trinajstić information content (AvgIpc) is 3.31. The predicted octanol–water partition coefficient (Wildman–Crippen LogP) is 4.83. The maximum atomic E-state index is 14.3. The van der Waals surface area contributed by atoms with Gasteiger partial charge < -0.3 is 23.8 Å². The summed E-state index contributed by atoms with van der Waals surface area (Å²) in [6, 6.07) is 10.9. The fourth-order valence-corrected chi connectivity index (χ4v) is 5.40. The van der Waals surface area contributed by atoms with Crippen LogP contribution in [0.1, 0.15) is 36.1 Å². The number of fused-ring (bicyclic) bond motifs is 4. The summed E-state index contributed by atoms with van der Waals surface area (Å²) in [4.78, 5) is 12.4. The minimum atomic E-state index is -0.493. The molecule has 0 aliphatic carbocycles. The lowest BCUT2D eigenvalue weighted by Gasteiger charge is -2.51. The molecule has 35 heavy (non-hydrogen) atoms. The van der Waals surface area contributed by atoms with Crippen LogP contribution < -0.4 is 9.47 Å². The van der Waals surface area contributed by atoms with Gasteiger partial charge in [0.1, 0.15) is 29.5 Å². The summed E-state index contributed by atoms with van der Waals surface area (Å²) in [5.74, 6) is 2.02. The Bertz CT molecular complexity index is 1350. The zero-order chi connectivity index (χ0) is 24.0. The second-order valence-corrected chi connectivity index (χ2v) is 9.24. The molecule has 0 radical (unpaired) electrons. The molecule has 2 aromatic carbocycles. The molecule has 0 N–H and O–H groups in total. The Morgan fingerprint density at radius 2 is 2.11 bits per heavy atom. The van der Waals surface area contributed by atoms with E-state index in [1.165, 1.54) is 6.07 Å². The number of rotatable bonds is 3. The molecule has 1 fully saturated rings. The topological polar surface area (TPSA) is 61.1 Å². The van der Waals surface area contributed by atoms with Crippen molar-refractivity contribution in [2.45, 2.75) is 31.7 Å². The Labute approximate surface area is 203 Å². The number of oxime groups is 1. The number of aromatic nitrogens is 2. The van der Waals surface area contributed by atoms with Gasteiger partial charge in [-0.1, -0.05) is 11.2 Å². The molecule has 180 valence electrons. The van der Waals surface area contributed by atoms with E-state index in [0.717, 1.165) is 59.1 Å². The van der Waals surface area contributed by atoms with Gasteiger partial charge in [-0.15, -0.1) is 0 Å². The maximum absolute atomic E-state index is 14.3. The molecule has 8 heteroatoms. The van der Waals surface area contributed by atoms with E-state index in [-0.39, 0.29) is 5.82 Å². The van der Waals surface area contributed by atoms with Crippen LogP contribution in [0.3, 0.4) is 0 Å². The van der Waals surface area contributed by atoms with Gasteiger partial charge in [-0.2, -0.15) is 0 Å². The Morgan fingerprint density at radius 1 is 1.20 bits per heavy atom. The van der Waals surface area contributed by atoms with Gasteiger partial charge in [-0.3, -0.25) is 0 Å². The van der Waals surface area contributed by atoms with Crippen LogP contribution >= 0.6 is 0 Å². The number of halogens is 1. The lowest BCUT2D eigenvalue weighted by Crippen LogP contribution is -2.58. The van der Waals surface area contributed by atoms with E-state index in [1.54, 1.807) is 25.6 Å². The summed E-state index contributed by atoms with van der Waals surface area (Å²) in [7, 11) is 1.67. The summed E-state index contributed by atoms with van der Waals surface area (Å²) in [6.07, 6.45) is 8.46. The van der Waals surface area contributed by atoms with E-state index < -0.39 is 5.54 Å². The van der Waals surface area contributed by atoms with Gasteiger partial charge in [0.25, 0.3) is 0 Å². The molecule has 7 nitrogen and oxygen atoms in total. The van der Waals surface area contributed by atoms with Crippen molar-refractivity contribution in [1.82, 2.24) is 14.5 Å². The fraction of sp³-hybridized carbons (Fsp3) is 0.333. The summed E-state index contributed by atoms with van der Waals surface area (Å²) in [5.41, 5.74) is 4.32. The van der Waals surface area contributed by atoms with Crippen molar-refractivity contribution in [3.8, 4) is 17.2 Å². The molecule has 0 amide bonds. The predicted molar refractivity (Wildman–Crippen MR) is 130 cm³/mol. The van der Waals surface area contributed by atoms with E-state index in [2.05, 4.69) is 27.2 Å². The number of benzene rings is 2. The van der Waals surface area contributed by atoms with Crippen molar-refractivity contribution in [3.63, 3.8) is 0 Å². The Balaban J connectivity index is 1.37. The van der Waals surface area contributed by atoms with Crippen LogP contribution in [0.5, 0.6) is 11.5 Å². The minimum Gasteiger partial charge on any atom is -0.495 e. The van der Waals surface area contributed by atoms with Crippen LogP contribution in [0.25, 0.3) is 11.8 Å². The quantitative estimate of drug-likeness (QED) is 0.544. The molecular weight excluding hydrogens is 447 g/mol. The molecule has 0 saturated carbocycles.